The molecule has 1 N–H and O–H groups in total. The predicted octanol–water partition coefficient (Wildman–Crippen LogP) is 4.61. The highest BCUT2D eigenvalue weighted by atomic mass is 35.5. The van der Waals surface area contributed by atoms with Crippen LogP contribution in [-0.4, -0.2) is 16.9 Å². The second kappa shape index (κ2) is 7.25. The summed E-state index contributed by atoms with van der Waals surface area (Å²) in [5.41, 5.74) is 0.726. The van der Waals surface area contributed by atoms with Gasteiger partial charge in [0.1, 0.15) is 22.2 Å². The van der Waals surface area contributed by atoms with Crippen LogP contribution in [0.25, 0.3) is 17.4 Å². The molecule has 1 fully saturated rings. The summed E-state index contributed by atoms with van der Waals surface area (Å²) >= 11 is 5.83. The van der Waals surface area contributed by atoms with E-state index in [9.17, 15) is 19.7 Å². The monoisotopic (exact) mass is 409 g/mol. The number of amides is 3. The highest BCUT2D eigenvalue weighted by molar-refractivity contribution is 6.32. The van der Waals surface area contributed by atoms with Gasteiger partial charge in [-0.25, -0.2) is 9.69 Å². The largest absolute Gasteiger partial charge is 0.457 e. The Morgan fingerprint density at radius 2 is 1.83 bits per heavy atom. The zero-order valence-corrected chi connectivity index (χ0v) is 15.4. The van der Waals surface area contributed by atoms with Gasteiger partial charge in [0, 0.05) is 17.7 Å². The van der Waals surface area contributed by atoms with Gasteiger partial charge < -0.3 is 9.73 Å². The summed E-state index contributed by atoms with van der Waals surface area (Å²) in [4.78, 5) is 36.3. The quantitative estimate of drug-likeness (QED) is 0.293. The molecule has 0 aliphatic carbocycles. The smallest absolute Gasteiger partial charge is 0.333 e. The van der Waals surface area contributed by atoms with Gasteiger partial charge in [-0.15, -0.1) is 0 Å². The lowest BCUT2D eigenvalue weighted by molar-refractivity contribution is -0.384. The van der Waals surface area contributed by atoms with Gasteiger partial charge in [0.25, 0.3) is 11.6 Å². The number of furan rings is 1. The van der Waals surface area contributed by atoms with Gasteiger partial charge in [-0.3, -0.25) is 14.9 Å². The number of benzene rings is 2. The van der Waals surface area contributed by atoms with Crippen LogP contribution >= 0.6 is 11.6 Å². The van der Waals surface area contributed by atoms with Gasteiger partial charge in [-0.05, 0) is 36.4 Å². The molecule has 1 saturated heterocycles. The van der Waals surface area contributed by atoms with Crippen molar-refractivity contribution in [3.8, 4) is 11.3 Å². The molecule has 9 heteroatoms. The standard InChI is InChI=1S/C20H12ClN3O5/c21-15-8-6-12(10-17(15)24(27)28)18-9-7-14(29-18)11-16-19(25)23(20(26)22-16)13-4-2-1-3-5-13/h1-11H,(H,22,26). The van der Waals surface area contributed by atoms with Crippen LogP contribution in [-0.2, 0) is 4.79 Å². The maximum Gasteiger partial charge on any atom is 0.333 e. The van der Waals surface area contributed by atoms with Crippen molar-refractivity contribution in [3.05, 3.63) is 87.3 Å². The molecule has 2 heterocycles. The highest BCUT2D eigenvalue weighted by Crippen LogP contribution is 2.32. The Morgan fingerprint density at radius 1 is 1.07 bits per heavy atom. The van der Waals surface area contributed by atoms with E-state index in [1.165, 1.54) is 18.2 Å². The van der Waals surface area contributed by atoms with Gasteiger partial charge in [-0.1, -0.05) is 29.8 Å². The lowest BCUT2D eigenvalue weighted by Crippen LogP contribution is -2.30. The number of rotatable bonds is 4. The highest BCUT2D eigenvalue weighted by Gasteiger charge is 2.35. The van der Waals surface area contributed by atoms with Crippen LogP contribution < -0.4 is 10.2 Å². The third-order valence-corrected chi connectivity index (χ3v) is 4.55. The van der Waals surface area contributed by atoms with Crippen LogP contribution in [0.4, 0.5) is 16.2 Å². The molecule has 3 aromatic rings. The zero-order valence-electron chi connectivity index (χ0n) is 14.7. The van der Waals surface area contributed by atoms with E-state index in [0.29, 0.717) is 22.8 Å². The number of anilines is 1. The normalized spacial score (nSPS) is 15.1. The van der Waals surface area contributed by atoms with Crippen molar-refractivity contribution < 1.29 is 18.9 Å². The van der Waals surface area contributed by atoms with Crippen molar-refractivity contribution in [3.63, 3.8) is 0 Å². The van der Waals surface area contributed by atoms with Crippen LogP contribution in [0.15, 0.2) is 70.8 Å². The molecule has 0 saturated carbocycles. The zero-order chi connectivity index (χ0) is 20.5. The maximum absolute atomic E-state index is 12.6. The molecule has 3 amide bonds. The number of hydrogen-bond acceptors (Lipinski definition) is 5. The van der Waals surface area contributed by atoms with Crippen molar-refractivity contribution in [2.24, 2.45) is 0 Å². The molecule has 144 valence electrons. The number of hydrogen-bond donors (Lipinski definition) is 1. The average molecular weight is 410 g/mol. The number of carbonyl (C=O) groups is 2. The average Bonchev–Trinajstić information content (AvgIpc) is 3.27. The Kier molecular flexibility index (Phi) is 4.61. The summed E-state index contributed by atoms with van der Waals surface area (Å²) in [6.45, 7) is 0. The molecule has 0 atom stereocenters. The fourth-order valence-corrected chi connectivity index (χ4v) is 3.07. The molecule has 29 heavy (non-hydrogen) atoms. The SMILES string of the molecule is O=C1NC(=Cc2ccc(-c3ccc(Cl)c([N+](=O)[O-])c3)o2)C(=O)N1c1ccccc1. The van der Waals surface area contributed by atoms with Gasteiger partial charge in [0.2, 0.25) is 0 Å². The Labute approximate surface area is 169 Å². The Balaban J connectivity index is 1.62. The van der Waals surface area contributed by atoms with Crippen LogP contribution in [0, 0.1) is 10.1 Å². The van der Waals surface area contributed by atoms with Crippen molar-refractivity contribution in [1.29, 1.82) is 0 Å². The number of urea groups is 1. The third-order valence-electron chi connectivity index (χ3n) is 4.23. The number of nitro benzene ring substituents is 1. The number of carbonyl (C=O) groups excluding carboxylic acids is 2. The van der Waals surface area contributed by atoms with Crippen molar-refractivity contribution >= 4 is 41.0 Å². The van der Waals surface area contributed by atoms with E-state index in [0.717, 1.165) is 4.90 Å². The third kappa shape index (κ3) is 3.48. The lowest BCUT2D eigenvalue weighted by Gasteiger charge is -2.10. The van der Waals surface area contributed by atoms with Gasteiger partial charge >= 0.3 is 6.03 Å². The molecule has 0 spiro atoms. The van der Waals surface area contributed by atoms with Crippen molar-refractivity contribution in [2.45, 2.75) is 0 Å². The summed E-state index contributed by atoms with van der Waals surface area (Å²) in [6.07, 6.45) is 1.40. The van der Waals surface area contributed by atoms with E-state index < -0.39 is 16.9 Å². The van der Waals surface area contributed by atoms with Crippen LogP contribution in [0.2, 0.25) is 5.02 Å². The van der Waals surface area contributed by atoms with Crippen LogP contribution in [0.1, 0.15) is 5.76 Å². The number of imide groups is 1. The molecule has 1 aliphatic rings. The molecular weight excluding hydrogens is 398 g/mol. The number of nitro groups is 1. The molecular formula is C20H12ClN3O5. The first-order valence-corrected chi connectivity index (χ1v) is 8.78. The summed E-state index contributed by atoms with van der Waals surface area (Å²) in [7, 11) is 0. The van der Waals surface area contributed by atoms with E-state index in [4.69, 9.17) is 16.0 Å². The van der Waals surface area contributed by atoms with Crippen molar-refractivity contribution in [1.82, 2.24) is 5.32 Å². The van der Waals surface area contributed by atoms with E-state index in [2.05, 4.69) is 5.32 Å². The molecule has 1 aliphatic heterocycles. The summed E-state index contributed by atoms with van der Waals surface area (Å²) in [5, 5.41) is 13.6. The summed E-state index contributed by atoms with van der Waals surface area (Å²) < 4.78 is 5.67. The topological polar surface area (TPSA) is 106 Å². The Bertz CT molecular complexity index is 1170. The van der Waals surface area contributed by atoms with Crippen LogP contribution in [0.3, 0.4) is 0 Å². The molecule has 8 nitrogen and oxygen atoms in total. The fraction of sp³-hybridized carbons (Fsp3) is 0. The number of nitrogens with zero attached hydrogens (tertiary/aromatic N) is 2. The minimum atomic E-state index is -0.581. The first-order chi connectivity index (χ1) is 13.9. The molecule has 4 rings (SSSR count). The summed E-state index contributed by atoms with van der Waals surface area (Å²) in [5.74, 6) is 0.144. The van der Waals surface area contributed by atoms with Crippen molar-refractivity contribution in [2.75, 3.05) is 4.90 Å². The lowest BCUT2D eigenvalue weighted by atomic mass is 10.1. The van der Waals surface area contributed by atoms with E-state index >= 15 is 0 Å². The minimum absolute atomic E-state index is 0.0212. The van der Waals surface area contributed by atoms with E-state index in [1.54, 1.807) is 48.5 Å². The molecule has 1 aromatic heterocycles. The van der Waals surface area contributed by atoms with Gasteiger partial charge in [0.05, 0.1) is 10.6 Å². The molecule has 0 unspecified atom stereocenters. The Morgan fingerprint density at radius 3 is 2.55 bits per heavy atom. The molecule has 2 aromatic carbocycles. The van der Waals surface area contributed by atoms with Crippen LogP contribution in [0.5, 0.6) is 0 Å². The van der Waals surface area contributed by atoms with Gasteiger partial charge in [-0.2, -0.15) is 0 Å². The molecule has 0 radical (unpaired) electrons. The fourth-order valence-electron chi connectivity index (χ4n) is 2.88. The van der Waals surface area contributed by atoms with Gasteiger partial charge in [0.15, 0.2) is 0 Å². The first-order valence-electron chi connectivity index (χ1n) is 8.40. The minimum Gasteiger partial charge on any atom is -0.457 e. The second-order valence-electron chi connectivity index (χ2n) is 6.09. The predicted molar refractivity (Wildman–Crippen MR) is 106 cm³/mol. The Hall–Kier alpha value is -3.91. The number of halogens is 1. The van der Waals surface area contributed by atoms with E-state index in [1.807, 2.05) is 0 Å². The molecule has 0 bridgehead atoms. The number of para-hydroxylation sites is 1. The maximum atomic E-state index is 12.6. The number of nitrogens with one attached hydrogen (secondary N) is 1. The second-order valence-corrected chi connectivity index (χ2v) is 6.50. The first kappa shape index (κ1) is 18.5. The van der Waals surface area contributed by atoms with E-state index in [-0.39, 0.29) is 16.4 Å². The summed E-state index contributed by atoms with van der Waals surface area (Å²) in [6, 6.07) is 15.5.